The third-order valence-electron chi connectivity index (χ3n) is 6.55. The number of carbonyl (C=O) groups excluding carboxylic acids is 1. The second kappa shape index (κ2) is 8.80. The normalized spacial score (nSPS) is 22.1. The molecule has 0 radical (unpaired) electrons. The van der Waals surface area contributed by atoms with Gasteiger partial charge >= 0.3 is 0 Å². The molecular formula is C23H32ClN5O3SSi. The Morgan fingerprint density at radius 2 is 1.94 bits per heavy atom. The SMILES string of the molecule is CC1(C)CC2CCCNc3cccc(n3)S(=O)(=O)NC(=O)c3cc([Si](C)(C)C)c(Cl)nc3N1C2. The van der Waals surface area contributed by atoms with Crippen LogP contribution in [0.2, 0.25) is 24.8 Å². The number of pyridine rings is 2. The first-order chi connectivity index (χ1) is 15.8. The summed E-state index contributed by atoms with van der Waals surface area (Å²) < 4.78 is 28.4. The largest absolute Gasteiger partial charge is 0.370 e. The molecule has 184 valence electrons. The number of anilines is 2. The van der Waals surface area contributed by atoms with Crippen molar-refractivity contribution in [2.45, 2.75) is 63.3 Å². The predicted octanol–water partition coefficient (Wildman–Crippen LogP) is 3.60. The van der Waals surface area contributed by atoms with Crippen molar-refractivity contribution in [1.82, 2.24) is 14.7 Å². The Bertz CT molecular complexity index is 1230. The van der Waals surface area contributed by atoms with E-state index in [-0.39, 0.29) is 16.1 Å². The molecule has 0 saturated carbocycles. The Labute approximate surface area is 207 Å². The molecule has 4 rings (SSSR count). The molecule has 2 aliphatic heterocycles. The lowest BCUT2D eigenvalue weighted by Crippen LogP contribution is -2.44. The average Bonchev–Trinajstić information content (AvgIpc) is 3.03. The molecule has 0 aromatic carbocycles. The first-order valence-corrected chi connectivity index (χ1v) is 16.9. The van der Waals surface area contributed by atoms with E-state index in [2.05, 4.69) is 53.4 Å². The molecule has 34 heavy (non-hydrogen) atoms. The number of rotatable bonds is 1. The van der Waals surface area contributed by atoms with Crippen molar-refractivity contribution in [2.75, 3.05) is 23.3 Å². The van der Waals surface area contributed by atoms with Gasteiger partial charge in [-0.05, 0) is 62.4 Å². The van der Waals surface area contributed by atoms with Crippen LogP contribution in [0.5, 0.6) is 0 Å². The van der Waals surface area contributed by atoms with Gasteiger partial charge in [-0.2, -0.15) is 8.42 Å². The molecule has 4 bridgehead atoms. The van der Waals surface area contributed by atoms with Crippen LogP contribution < -0.4 is 20.1 Å². The number of nitrogens with one attached hydrogen (secondary N) is 2. The maximum atomic E-state index is 13.5. The van der Waals surface area contributed by atoms with Crippen molar-refractivity contribution in [3.05, 3.63) is 35.0 Å². The third kappa shape index (κ3) is 4.94. The average molecular weight is 522 g/mol. The summed E-state index contributed by atoms with van der Waals surface area (Å²) in [6, 6.07) is 6.46. The summed E-state index contributed by atoms with van der Waals surface area (Å²) in [4.78, 5) is 24.5. The number of hydrogen-bond donors (Lipinski definition) is 2. The van der Waals surface area contributed by atoms with E-state index in [4.69, 9.17) is 16.6 Å². The van der Waals surface area contributed by atoms with E-state index >= 15 is 0 Å². The first kappa shape index (κ1) is 24.9. The highest BCUT2D eigenvalue weighted by atomic mass is 35.5. The Balaban J connectivity index is 1.88. The molecular weight excluding hydrogens is 490 g/mol. The highest BCUT2D eigenvalue weighted by molar-refractivity contribution is 7.90. The Morgan fingerprint density at radius 1 is 1.21 bits per heavy atom. The van der Waals surface area contributed by atoms with Crippen LogP contribution in [0.3, 0.4) is 0 Å². The summed E-state index contributed by atoms with van der Waals surface area (Å²) >= 11 is 6.65. The van der Waals surface area contributed by atoms with E-state index in [0.717, 1.165) is 31.0 Å². The minimum absolute atomic E-state index is 0.211. The van der Waals surface area contributed by atoms with Gasteiger partial charge in [0.05, 0.1) is 13.6 Å². The fraction of sp³-hybridized carbons (Fsp3) is 0.522. The fourth-order valence-electron chi connectivity index (χ4n) is 4.83. The van der Waals surface area contributed by atoms with Crippen LogP contribution in [0.4, 0.5) is 11.6 Å². The van der Waals surface area contributed by atoms with Gasteiger partial charge in [0.15, 0.2) is 5.03 Å². The number of fused-ring (bicyclic) bond motifs is 6. The molecule has 11 heteroatoms. The van der Waals surface area contributed by atoms with Gasteiger partial charge in [0.2, 0.25) is 0 Å². The van der Waals surface area contributed by atoms with Crippen LogP contribution in [0, 0.1) is 5.92 Å². The van der Waals surface area contributed by atoms with Crippen LogP contribution in [-0.2, 0) is 10.0 Å². The molecule has 2 aromatic heterocycles. The van der Waals surface area contributed by atoms with E-state index in [9.17, 15) is 13.2 Å². The molecule has 8 nitrogen and oxygen atoms in total. The Kier molecular flexibility index (Phi) is 6.45. The van der Waals surface area contributed by atoms with Gasteiger partial charge in [0, 0.05) is 18.6 Å². The molecule has 2 aromatic rings. The molecule has 2 N–H and O–H groups in total. The number of aromatic nitrogens is 2. The zero-order valence-electron chi connectivity index (χ0n) is 20.3. The molecule has 1 atom stereocenters. The molecule has 1 amide bonds. The standard InChI is InChI=1S/C23H32ClN5O3SSi/c1-23(2)13-15-8-7-11-25-18-9-6-10-19(26-18)33(31,32)28-22(30)16-12-17(34(3,4)5)20(24)27-21(16)29(23)14-15/h6,9-10,12,15H,7-8,11,13-14H2,1-5H3,(H,25,26)(H,28,30). The maximum Gasteiger partial charge on any atom is 0.281 e. The summed E-state index contributed by atoms with van der Waals surface area (Å²) in [6.07, 6.45) is 2.85. The van der Waals surface area contributed by atoms with E-state index in [1.54, 1.807) is 18.2 Å². The van der Waals surface area contributed by atoms with E-state index in [0.29, 0.717) is 29.3 Å². The molecule has 1 unspecified atom stereocenters. The quantitative estimate of drug-likeness (QED) is 0.436. The van der Waals surface area contributed by atoms with Crippen molar-refractivity contribution in [2.24, 2.45) is 5.92 Å². The van der Waals surface area contributed by atoms with Crippen LogP contribution in [0.1, 0.15) is 43.5 Å². The lowest BCUT2D eigenvalue weighted by atomic mass is 9.93. The van der Waals surface area contributed by atoms with Crippen LogP contribution in [-0.4, -0.2) is 51.0 Å². The van der Waals surface area contributed by atoms with E-state index < -0.39 is 24.0 Å². The molecule has 0 aliphatic carbocycles. The summed E-state index contributed by atoms with van der Waals surface area (Å²) in [7, 11) is -6.16. The Morgan fingerprint density at radius 3 is 2.65 bits per heavy atom. The number of sulfonamides is 1. The van der Waals surface area contributed by atoms with Gasteiger partial charge in [0.25, 0.3) is 15.9 Å². The molecule has 0 spiro atoms. The van der Waals surface area contributed by atoms with Crippen LogP contribution >= 0.6 is 11.6 Å². The number of hydrogen-bond acceptors (Lipinski definition) is 7. The fourth-order valence-corrected chi connectivity index (χ4v) is 8.01. The summed E-state index contributed by atoms with van der Waals surface area (Å²) in [5, 5.41) is 4.19. The zero-order chi connectivity index (χ0) is 24.9. The highest BCUT2D eigenvalue weighted by Gasteiger charge is 2.41. The van der Waals surface area contributed by atoms with Gasteiger partial charge in [-0.3, -0.25) is 4.79 Å². The number of amides is 1. The first-order valence-electron chi connectivity index (χ1n) is 11.5. The van der Waals surface area contributed by atoms with Crippen molar-refractivity contribution in [3.8, 4) is 0 Å². The molecule has 1 saturated heterocycles. The van der Waals surface area contributed by atoms with Crippen molar-refractivity contribution in [3.63, 3.8) is 0 Å². The second-order valence-electron chi connectivity index (χ2n) is 10.8. The topological polar surface area (TPSA) is 104 Å². The summed E-state index contributed by atoms with van der Waals surface area (Å²) in [6.45, 7) is 12.0. The van der Waals surface area contributed by atoms with Gasteiger partial charge in [-0.25, -0.2) is 14.7 Å². The third-order valence-corrected chi connectivity index (χ3v) is 10.2. The lowest BCUT2D eigenvalue weighted by Gasteiger charge is -2.34. The molecule has 2 aliphatic rings. The van der Waals surface area contributed by atoms with E-state index in [1.807, 2.05) is 0 Å². The zero-order valence-corrected chi connectivity index (χ0v) is 22.8. The van der Waals surface area contributed by atoms with Crippen LogP contribution in [0.15, 0.2) is 29.3 Å². The van der Waals surface area contributed by atoms with Crippen molar-refractivity contribution in [1.29, 1.82) is 0 Å². The van der Waals surface area contributed by atoms with Gasteiger partial charge in [0.1, 0.15) is 16.8 Å². The summed E-state index contributed by atoms with van der Waals surface area (Å²) in [5.41, 5.74) is -0.0327. The van der Waals surface area contributed by atoms with Crippen LogP contribution in [0.25, 0.3) is 0 Å². The number of carbonyl (C=O) groups is 1. The van der Waals surface area contributed by atoms with Crippen molar-refractivity contribution < 1.29 is 13.2 Å². The maximum absolute atomic E-state index is 13.5. The lowest BCUT2D eigenvalue weighted by molar-refractivity contribution is 0.0981. The second-order valence-corrected chi connectivity index (χ2v) is 17.8. The number of halogens is 1. The highest BCUT2D eigenvalue weighted by Crippen LogP contribution is 2.39. The van der Waals surface area contributed by atoms with Gasteiger partial charge in [-0.15, -0.1) is 0 Å². The monoisotopic (exact) mass is 521 g/mol. The van der Waals surface area contributed by atoms with Gasteiger partial charge in [-0.1, -0.05) is 37.3 Å². The van der Waals surface area contributed by atoms with E-state index in [1.165, 1.54) is 6.07 Å². The van der Waals surface area contributed by atoms with Gasteiger partial charge < -0.3 is 10.2 Å². The Hall–Kier alpha value is -2.17. The minimum atomic E-state index is -4.19. The molecule has 1 fully saturated rings. The summed E-state index contributed by atoms with van der Waals surface area (Å²) in [5.74, 6) is 0.585. The molecule has 4 heterocycles. The minimum Gasteiger partial charge on any atom is -0.370 e. The number of nitrogens with zero attached hydrogens (tertiary/aromatic N) is 3. The smallest absolute Gasteiger partial charge is 0.281 e. The van der Waals surface area contributed by atoms with Crippen molar-refractivity contribution >= 4 is 52.4 Å². The predicted molar refractivity (Wildman–Crippen MR) is 138 cm³/mol.